The van der Waals surface area contributed by atoms with E-state index in [-0.39, 0.29) is 12.5 Å². The van der Waals surface area contributed by atoms with Crippen molar-refractivity contribution in [3.05, 3.63) is 71.1 Å². The number of ether oxygens (including phenoxy) is 1. The molecule has 33 heavy (non-hydrogen) atoms. The van der Waals surface area contributed by atoms with E-state index in [1.54, 1.807) is 13.0 Å². The minimum Gasteiger partial charge on any atom is -0.487 e. The second-order valence-electron chi connectivity index (χ2n) is 7.56. The Kier molecular flexibility index (Phi) is 6.66. The maximum Gasteiger partial charge on any atom is 0.416 e. The van der Waals surface area contributed by atoms with Gasteiger partial charge < -0.3 is 14.3 Å². The summed E-state index contributed by atoms with van der Waals surface area (Å²) < 4.78 is 49.8. The fraction of sp³-hybridized carbons (Fsp3) is 0.304. The number of halogens is 3. The van der Waals surface area contributed by atoms with Crippen molar-refractivity contribution in [3.63, 3.8) is 0 Å². The number of benzene rings is 2. The van der Waals surface area contributed by atoms with Gasteiger partial charge in [0.2, 0.25) is 5.89 Å². The van der Waals surface area contributed by atoms with Gasteiger partial charge in [-0.2, -0.15) is 13.2 Å². The summed E-state index contributed by atoms with van der Waals surface area (Å²) in [5, 5.41) is 8.79. The zero-order valence-electron chi connectivity index (χ0n) is 17.6. The van der Waals surface area contributed by atoms with Gasteiger partial charge in [0, 0.05) is 24.4 Å². The van der Waals surface area contributed by atoms with Gasteiger partial charge >= 0.3 is 12.1 Å². The molecule has 0 spiro atoms. The number of oxazole rings is 1. The molecule has 1 saturated heterocycles. The van der Waals surface area contributed by atoms with E-state index in [1.165, 1.54) is 23.9 Å². The Morgan fingerprint density at radius 3 is 2.73 bits per heavy atom. The predicted octanol–water partition coefficient (Wildman–Crippen LogP) is 5.21. The normalized spacial score (nSPS) is 16.8. The number of rotatable bonds is 7. The zero-order chi connectivity index (χ0) is 23.6. The van der Waals surface area contributed by atoms with Gasteiger partial charge in [0.1, 0.15) is 23.8 Å². The van der Waals surface area contributed by atoms with E-state index in [4.69, 9.17) is 9.15 Å². The molecule has 0 bridgehead atoms. The molecule has 6 nitrogen and oxygen atoms in total. The molecule has 2 aromatic carbocycles. The van der Waals surface area contributed by atoms with Crippen molar-refractivity contribution in [2.24, 2.45) is 0 Å². The lowest BCUT2D eigenvalue weighted by molar-refractivity contribution is -0.139. The summed E-state index contributed by atoms with van der Waals surface area (Å²) in [7, 11) is 0. The lowest BCUT2D eigenvalue weighted by atomic mass is 10.1. The van der Waals surface area contributed by atoms with Crippen LogP contribution in [0.25, 0.3) is 11.5 Å². The molecule has 1 N–H and O–H groups in total. The number of aromatic nitrogens is 1. The van der Waals surface area contributed by atoms with Crippen LogP contribution in [0.4, 0.5) is 13.2 Å². The molecular formula is C23H21F3N2O4S. The van der Waals surface area contributed by atoms with Gasteiger partial charge in [-0.1, -0.05) is 12.1 Å². The third-order valence-electron chi connectivity index (χ3n) is 5.21. The lowest BCUT2D eigenvalue weighted by Crippen LogP contribution is -2.33. The summed E-state index contributed by atoms with van der Waals surface area (Å²) in [4.78, 5) is 17.7. The van der Waals surface area contributed by atoms with Crippen LogP contribution in [0.15, 0.2) is 52.9 Å². The number of carboxylic acids is 1. The van der Waals surface area contributed by atoms with Crippen molar-refractivity contribution in [1.29, 1.82) is 0 Å². The molecule has 1 aliphatic heterocycles. The number of carbonyl (C=O) groups is 1. The van der Waals surface area contributed by atoms with Crippen LogP contribution in [-0.4, -0.2) is 38.6 Å². The second-order valence-corrected chi connectivity index (χ2v) is 8.75. The number of aryl methyl sites for hydroxylation is 1. The summed E-state index contributed by atoms with van der Waals surface area (Å²) in [6.45, 7) is 3.04. The minimum absolute atomic E-state index is 0.122. The lowest BCUT2D eigenvalue weighted by Gasteiger charge is -2.20. The smallest absolute Gasteiger partial charge is 0.416 e. The Morgan fingerprint density at radius 1 is 1.27 bits per heavy atom. The molecule has 1 fully saturated rings. The molecule has 0 radical (unpaired) electrons. The number of carboxylic acid groups (broad SMARTS) is 1. The first kappa shape index (κ1) is 23.2. The molecule has 1 aliphatic rings. The van der Waals surface area contributed by atoms with Crippen LogP contribution >= 0.6 is 11.8 Å². The molecule has 1 aromatic heterocycles. The molecule has 1 atom stereocenters. The Bertz CT molecular complexity index is 1130. The number of thioether (sulfide) groups is 1. The van der Waals surface area contributed by atoms with Crippen molar-refractivity contribution in [3.8, 4) is 17.2 Å². The van der Waals surface area contributed by atoms with Crippen LogP contribution in [-0.2, 0) is 24.1 Å². The largest absolute Gasteiger partial charge is 0.487 e. The Morgan fingerprint density at radius 2 is 2.03 bits per heavy atom. The molecule has 0 amide bonds. The van der Waals surface area contributed by atoms with Crippen LogP contribution in [0.5, 0.6) is 5.75 Å². The summed E-state index contributed by atoms with van der Waals surface area (Å²) >= 11 is 1.41. The van der Waals surface area contributed by atoms with Crippen molar-refractivity contribution in [2.75, 3.05) is 12.3 Å². The second kappa shape index (κ2) is 9.48. The first-order valence-corrected chi connectivity index (χ1v) is 11.2. The first-order valence-electron chi connectivity index (χ1n) is 10.1. The molecule has 0 aliphatic carbocycles. The monoisotopic (exact) mass is 478 g/mol. The summed E-state index contributed by atoms with van der Waals surface area (Å²) in [6.07, 6.45) is -4.40. The van der Waals surface area contributed by atoms with Gasteiger partial charge in [-0.3, -0.25) is 4.90 Å². The third kappa shape index (κ3) is 5.51. The number of hydrogen-bond acceptors (Lipinski definition) is 6. The fourth-order valence-electron chi connectivity index (χ4n) is 3.50. The van der Waals surface area contributed by atoms with Gasteiger partial charge in [-0.25, -0.2) is 9.78 Å². The highest BCUT2D eigenvalue weighted by molar-refractivity contribution is 8.00. The Balaban J connectivity index is 1.41. The van der Waals surface area contributed by atoms with Gasteiger partial charge in [-0.15, -0.1) is 11.8 Å². The molecule has 4 rings (SSSR count). The van der Waals surface area contributed by atoms with Crippen LogP contribution < -0.4 is 4.74 Å². The van der Waals surface area contributed by atoms with Gasteiger partial charge in [0.05, 0.1) is 5.56 Å². The van der Waals surface area contributed by atoms with E-state index in [2.05, 4.69) is 4.98 Å². The van der Waals surface area contributed by atoms with E-state index in [0.29, 0.717) is 35.9 Å². The van der Waals surface area contributed by atoms with Crippen molar-refractivity contribution < 1.29 is 32.2 Å². The number of aliphatic carboxylic acids is 1. The minimum atomic E-state index is -4.40. The van der Waals surface area contributed by atoms with E-state index >= 15 is 0 Å². The van der Waals surface area contributed by atoms with E-state index in [9.17, 15) is 23.1 Å². The highest BCUT2D eigenvalue weighted by Gasteiger charge is 2.31. The Labute approximate surface area is 192 Å². The highest BCUT2D eigenvalue weighted by Crippen LogP contribution is 2.31. The molecule has 1 unspecified atom stereocenters. The summed E-state index contributed by atoms with van der Waals surface area (Å²) in [5.74, 6) is 1.28. The average molecular weight is 478 g/mol. The van der Waals surface area contributed by atoms with Crippen LogP contribution in [0, 0.1) is 6.92 Å². The highest BCUT2D eigenvalue weighted by atomic mass is 32.2. The molecule has 10 heteroatoms. The molecule has 2 heterocycles. The number of alkyl halides is 3. The Hall–Kier alpha value is -2.98. The predicted molar refractivity (Wildman–Crippen MR) is 117 cm³/mol. The van der Waals surface area contributed by atoms with Crippen LogP contribution in [0.2, 0.25) is 0 Å². The van der Waals surface area contributed by atoms with Crippen molar-refractivity contribution in [2.45, 2.75) is 31.6 Å². The van der Waals surface area contributed by atoms with Crippen molar-refractivity contribution in [1.82, 2.24) is 9.88 Å². The van der Waals surface area contributed by atoms with Crippen molar-refractivity contribution >= 4 is 17.7 Å². The standard InChI is InChI=1S/C23H21F3N2O4S/c1-14-19(27-20(32-14)16-5-7-17(8-6-16)23(24,25)26)13-31-18-4-2-3-15(11-18)12-28-9-10-33-21(28)22(29)30/h2-8,11,21H,9-10,12-13H2,1H3,(H,29,30). The van der Waals surface area contributed by atoms with E-state index < -0.39 is 23.1 Å². The van der Waals surface area contributed by atoms with Gasteiger partial charge in [-0.05, 0) is 48.9 Å². The maximum atomic E-state index is 12.8. The SMILES string of the molecule is Cc1oc(-c2ccc(C(F)(F)F)cc2)nc1COc1cccc(CN2CCSC2C(=O)O)c1. The molecule has 0 saturated carbocycles. The topological polar surface area (TPSA) is 75.8 Å². The molecular weight excluding hydrogens is 457 g/mol. The van der Waals surface area contributed by atoms with E-state index in [0.717, 1.165) is 23.4 Å². The maximum absolute atomic E-state index is 12.8. The van der Waals surface area contributed by atoms with Crippen LogP contribution in [0.3, 0.4) is 0 Å². The fourth-order valence-corrected chi connectivity index (χ4v) is 4.60. The number of nitrogens with zero attached hydrogens (tertiary/aromatic N) is 2. The van der Waals surface area contributed by atoms with E-state index in [1.807, 2.05) is 23.1 Å². The molecule has 174 valence electrons. The zero-order valence-corrected chi connectivity index (χ0v) is 18.4. The number of hydrogen-bond donors (Lipinski definition) is 1. The average Bonchev–Trinajstić information content (AvgIpc) is 3.38. The van der Waals surface area contributed by atoms with Crippen LogP contribution in [0.1, 0.15) is 22.6 Å². The first-order chi connectivity index (χ1) is 15.7. The third-order valence-corrected chi connectivity index (χ3v) is 6.44. The van der Waals surface area contributed by atoms with Gasteiger partial charge in [0.25, 0.3) is 0 Å². The molecule has 3 aromatic rings. The van der Waals surface area contributed by atoms with Gasteiger partial charge in [0.15, 0.2) is 5.37 Å². The summed E-state index contributed by atoms with van der Waals surface area (Å²) in [5.41, 5.74) is 1.18. The summed E-state index contributed by atoms with van der Waals surface area (Å²) in [6, 6.07) is 12.0. The quantitative estimate of drug-likeness (QED) is 0.500.